The number of carbonyl (C=O) groups excluding carboxylic acids is 1. The highest BCUT2D eigenvalue weighted by Gasteiger charge is 2.24. The molecule has 8 heteroatoms. The second-order valence-electron chi connectivity index (χ2n) is 9.00. The lowest BCUT2D eigenvalue weighted by Gasteiger charge is -2.26. The Kier molecular flexibility index (Phi) is 5.55. The van der Waals surface area contributed by atoms with Gasteiger partial charge in [0.25, 0.3) is 11.5 Å². The van der Waals surface area contributed by atoms with Crippen molar-refractivity contribution in [3.05, 3.63) is 51.4 Å². The zero-order valence-corrected chi connectivity index (χ0v) is 18.4. The topological polar surface area (TPSA) is 101 Å². The fraction of sp³-hybridized carbons (Fsp3) is 0.500. The molecule has 1 atom stereocenters. The van der Waals surface area contributed by atoms with Crippen LogP contribution in [0, 0.1) is 12.3 Å². The van der Waals surface area contributed by atoms with E-state index in [1.54, 1.807) is 12.3 Å². The van der Waals surface area contributed by atoms with Gasteiger partial charge in [-0.15, -0.1) is 0 Å². The van der Waals surface area contributed by atoms with Crippen LogP contribution in [0.2, 0.25) is 0 Å². The molecule has 0 bridgehead atoms. The average molecular weight is 436 g/mol. The molecule has 3 aromatic heterocycles. The first-order chi connectivity index (χ1) is 15.5. The maximum absolute atomic E-state index is 13.4. The van der Waals surface area contributed by atoms with E-state index in [-0.39, 0.29) is 34.7 Å². The summed E-state index contributed by atoms with van der Waals surface area (Å²) < 4.78 is 8.97. The van der Waals surface area contributed by atoms with E-state index in [0.717, 1.165) is 50.7 Å². The zero-order chi connectivity index (χ0) is 22.2. The summed E-state index contributed by atoms with van der Waals surface area (Å²) in [5.74, 6) is -0.342. The van der Waals surface area contributed by atoms with Crippen LogP contribution in [0.5, 0.6) is 0 Å². The van der Waals surface area contributed by atoms with Gasteiger partial charge in [0.1, 0.15) is 16.8 Å². The Bertz CT molecular complexity index is 1300. The molecule has 1 saturated carbocycles. The lowest BCUT2D eigenvalue weighted by Crippen LogP contribution is -2.39. The molecule has 1 aliphatic heterocycles. The van der Waals surface area contributed by atoms with Crippen LogP contribution >= 0.6 is 0 Å². The molecular formula is C24H29N5O3. The van der Waals surface area contributed by atoms with E-state index < -0.39 is 0 Å². The Hall–Kier alpha value is -3.00. The van der Waals surface area contributed by atoms with Crippen molar-refractivity contribution in [2.75, 3.05) is 13.2 Å². The van der Waals surface area contributed by atoms with Gasteiger partial charge in [-0.2, -0.15) is 0 Å². The molecule has 1 aliphatic carbocycles. The first-order valence-corrected chi connectivity index (χ1v) is 11.6. The summed E-state index contributed by atoms with van der Waals surface area (Å²) in [6.45, 7) is 3.06. The van der Waals surface area contributed by atoms with Gasteiger partial charge < -0.3 is 14.6 Å². The van der Waals surface area contributed by atoms with Gasteiger partial charge in [-0.05, 0) is 50.3 Å². The van der Waals surface area contributed by atoms with E-state index in [0.29, 0.717) is 23.2 Å². The summed E-state index contributed by atoms with van der Waals surface area (Å²) >= 11 is 0. The fourth-order valence-corrected chi connectivity index (χ4v) is 4.98. The number of hydrogen-bond donors (Lipinski definition) is 2. The second-order valence-corrected chi connectivity index (χ2v) is 9.00. The Labute approximate surface area is 185 Å². The van der Waals surface area contributed by atoms with E-state index in [2.05, 4.69) is 5.32 Å². The minimum atomic E-state index is -0.342. The van der Waals surface area contributed by atoms with Crippen LogP contribution in [0.15, 0.2) is 29.2 Å². The van der Waals surface area contributed by atoms with E-state index in [4.69, 9.17) is 15.1 Å². The second kappa shape index (κ2) is 8.50. The van der Waals surface area contributed by atoms with E-state index in [1.807, 2.05) is 23.6 Å². The molecule has 32 heavy (non-hydrogen) atoms. The van der Waals surface area contributed by atoms with Crippen molar-refractivity contribution >= 4 is 22.6 Å². The highest BCUT2D eigenvalue weighted by Crippen LogP contribution is 2.29. The normalized spacial score (nSPS) is 19.6. The highest BCUT2D eigenvalue weighted by molar-refractivity contribution is 5.96. The van der Waals surface area contributed by atoms with Gasteiger partial charge in [-0.25, -0.2) is 4.98 Å². The van der Waals surface area contributed by atoms with Crippen LogP contribution < -0.4 is 16.4 Å². The Balaban J connectivity index is 1.68. The molecular weight excluding hydrogens is 406 g/mol. The first kappa shape index (κ1) is 20.9. The molecule has 5 rings (SSSR count). The summed E-state index contributed by atoms with van der Waals surface area (Å²) in [7, 11) is 0. The molecule has 1 saturated heterocycles. The van der Waals surface area contributed by atoms with Gasteiger partial charge >= 0.3 is 0 Å². The van der Waals surface area contributed by atoms with Crippen LogP contribution in [-0.4, -0.2) is 39.1 Å². The number of nitrogens with zero attached hydrogens (tertiary/aromatic N) is 3. The molecule has 0 spiro atoms. The summed E-state index contributed by atoms with van der Waals surface area (Å²) in [6.07, 6.45) is 8.84. The number of amides is 1. The van der Waals surface area contributed by atoms with E-state index in [9.17, 15) is 9.59 Å². The summed E-state index contributed by atoms with van der Waals surface area (Å²) in [4.78, 5) is 31.3. The number of rotatable bonds is 4. The molecule has 2 fully saturated rings. The minimum Gasteiger partial charge on any atom is -0.376 e. The lowest BCUT2D eigenvalue weighted by molar-refractivity contribution is 0.0855. The Morgan fingerprint density at radius 3 is 2.78 bits per heavy atom. The summed E-state index contributed by atoms with van der Waals surface area (Å²) in [5, 5.41) is 12.2. The number of aromatic nitrogens is 3. The molecule has 0 radical (unpaired) electrons. The molecule has 2 aliphatic rings. The maximum atomic E-state index is 13.4. The molecule has 2 N–H and O–H groups in total. The summed E-state index contributed by atoms with van der Waals surface area (Å²) in [5.41, 5.74) is 2.11. The minimum absolute atomic E-state index is 0.0123. The van der Waals surface area contributed by atoms with Crippen LogP contribution in [0.3, 0.4) is 0 Å². The molecule has 3 aromatic rings. The molecule has 4 heterocycles. The van der Waals surface area contributed by atoms with Crippen molar-refractivity contribution in [2.24, 2.45) is 0 Å². The monoisotopic (exact) mass is 435 g/mol. The largest absolute Gasteiger partial charge is 0.376 e. The van der Waals surface area contributed by atoms with Crippen molar-refractivity contribution in [1.29, 1.82) is 5.41 Å². The number of carbonyl (C=O) groups is 1. The third-order valence-corrected chi connectivity index (χ3v) is 6.70. The van der Waals surface area contributed by atoms with Gasteiger partial charge in [0.15, 0.2) is 0 Å². The van der Waals surface area contributed by atoms with Gasteiger partial charge in [0.2, 0.25) is 0 Å². The van der Waals surface area contributed by atoms with Gasteiger partial charge in [-0.3, -0.25) is 19.4 Å². The molecule has 8 nitrogen and oxygen atoms in total. The van der Waals surface area contributed by atoms with Crippen LogP contribution in [0.25, 0.3) is 16.7 Å². The lowest BCUT2D eigenvalue weighted by atomic mass is 9.94. The fourth-order valence-electron chi connectivity index (χ4n) is 4.98. The van der Waals surface area contributed by atoms with Gasteiger partial charge in [-0.1, -0.05) is 25.3 Å². The standard InChI is InChI=1S/C24H29N5O3/c1-15-9-10-20-27-22-19(24(31)28(20)14-15)12-18(23(30)26-13-17-8-5-11-32-17)21(25)29(22)16-6-3-2-4-7-16/h9-10,12,14,16-17,25H,2-8,11,13H2,1H3,(H,26,30)/t17-/m0/s1. The number of hydrogen-bond acceptors (Lipinski definition) is 5. The summed E-state index contributed by atoms with van der Waals surface area (Å²) in [6, 6.07) is 5.36. The number of aryl methyl sites for hydroxylation is 1. The van der Waals surface area contributed by atoms with Crippen LogP contribution in [0.4, 0.5) is 0 Å². The SMILES string of the molecule is Cc1ccc2nc3c(cc(C(=O)NC[C@@H]4CCCO4)c(=N)n3C3CCCCC3)c(=O)n2c1. The predicted octanol–water partition coefficient (Wildman–Crippen LogP) is 2.85. The average Bonchev–Trinajstić information content (AvgIpc) is 3.32. The third-order valence-electron chi connectivity index (χ3n) is 6.70. The van der Waals surface area contributed by atoms with Crippen LogP contribution in [-0.2, 0) is 4.74 Å². The molecule has 0 aromatic carbocycles. The smallest absolute Gasteiger partial charge is 0.267 e. The molecule has 0 unspecified atom stereocenters. The number of pyridine rings is 2. The number of ether oxygens (including phenoxy) is 1. The number of fused-ring (bicyclic) bond motifs is 2. The molecule has 168 valence electrons. The van der Waals surface area contributed by atoms with E-state index in [1.165, 1.54) is 10.8 Å². The van der Waals surface area contributed by atoms with Gasteiger partial charge in [0, 0.05) is 25.4 Å². The zero-order valence-electron chi connectivity index (χ0n) is 18.4. The van der Waals surface area contributed by atoms with Crippen molar-refractivity contribution < 1.29 is 9.53 Å². The highest BCUT2D eigenvalue weighted by atomic mass is 16.5. The van der Waals surface area contributed by atoms with Crippen molar-refractivity contribution in [3.63, 3.8) is 0 Å². The molecule has 1 amide bonds. The quantitative estimate of drug-likeness (QED) is 0.615. The van der Waals surface area contributed by atoms with E-state index >= 15 is 0 Å². The number of nitrogens with one attached hydrogen (secondary N) is 2. The predicted molar refractivity (Wildman–Crippen MR) is 121 cm³/mol. The van der Waals surface area contributed by atoms with Crippen LogP contribution in [0.1, 0.15) is 66.9 Å². The van der Waals surface area contributed by atoms with Crippen molar-refractivity contribution in [2.45, 2.75) is 64.0 Å². The van der Waals surface area contributed by atoms with Gasteiger partial charge in [0.05, 0.1) is 17.1 Å². The Morgan fingerprint density at radius 2 is 2.03 bits per heavy atom. The maximum Gasteiger partial charge on any atom is 0.267 e. The third kappa shape index (κ3) is 3.72. The Morgan fingerprint density at radius 1 is 1.22 bits per heavy atom. The first-order valence-electron chi connectivity index (χ1n) is 11.6. The van der Waals surface area contributed by atoms with Crippen molar-refractivity contribution in [3.8, 4) is 0 Å². The van der Waals surface area contributed by atoms with Crippen molar-refractivity contribution in [1.82, 2.24) is 19.3 Å².